The van der Waals surface area contributed by atoms with Gasteiger partial charge in [-0.25, -0.2) is 0 Å². The maximum absolute atomic E-state index is 11.7. The summed E-state index contributed by atoms with van der Waals surface area (Å²) in [6.45, 7) is 0. The molecule has 1 aromatic rings. The minimum atomic E-state index is -0.808. The van der Waals surface area contributed by atoms with Crippen LogP contribution in [0.15, 0.2) is 30.3 Å². The third-order valence-electron chi connectivity index (χ3n) is 6.12. The summed E-state index contributed by atoms with van der Waals surface area (Å²) >= 11 is 0. The summed E-state index contributed by atoms with van der Waals surface area (Å²) in [5.41, 5.74) is -0.386. The molecule has 0 saturated heterocycles. The van der Waals surface area contributed by atoms with Crippen LogP contribution in [0.4, 0.5) is 0 Å². The van der Waals surface area contributed by atoms with E-state index in [9.17, 15) is 15.0 Å². The van der Waals surface area contributed by atoms with Crippen molar-refractivity contribution in [2.75, 3.05) is 0 Å². The highest BCUT2D eigenvalue weighted by Gasteiger charge is 2.64. The molecule has 0 spiro atoms. The largest absolute Gasteiger partial charge is 0.481 e. The summed E-state index contributed by atoms with van der Waals surface area (Å²) < 4.78 is 0. The Kier molecular flexibility index (Phi) is 2.39. The van der Waals surface area contributed by atoms with E-state index < -0.39 is 17.0 Å². The van der Waals surface area contributed by atoms with Crippen molar-refractivity contribution >= 4 is 5.97 Å². The monoisotopic (exact) mass is 272 g/mol. The molecule has 106 valence electrons. The molecule has 4 saturated carbocycles. The fourth-order valence-electron chi connectivity index (χ4n) is 5.42. The van der Waals surface area contributed by atoms with Crippen molar-refractivity contribution in [2.45, 2.75) is 37.7 Å². The van der Waals surface area contributed by atoms with Crippen LogP contribution in [0.3, 0.4) is 0 Å². The molecule has 0 radical (unpaired) electrons. The quantitative estimate of drug-likeness (QED) is 0.870. The van der Waals surface area contributed by atoms with Crippen molar-refractivity contribution < 1.29 is 15.0 Å². The maximum atomic E-state index is 11.7. The van der Waals surface area contributed by atoms with Crippen LogP contribution >= 0.6 is 0 Å². The maximum Gasteiger partial charge on any atom is 0.309 e. The first-order valence-corrected chi connectivity index (χ1v) is 7.56. The molecule has 0 aliphatic heterocycles. The molecule has 1 aromatic carbocycles. The summed E-state index contributed by atoms with van der Waals surface area (Å²) in [6, 6.07) is 9.88. The Bertz CT molecular complexity index is 535. The topological polar surface area (TPSA) is 57.5 Å². The van der Waals surface area contributed by atoms with Gasteiger partial charge in [0.2, 0.25) is 0 Å². The van der Waals surface area contributed by atoms with Gasteiger partial charge in [-0.1, -0.05) is 30.3 Å². The second-order valence-corrected chi connectivity index (χ2v) is 7.12. The zero-order chi connectivity index (χ0) is 14.0. The number of aliphatic hydroxyl groups is 1. The SMILES string of the molecule is O=C(O)C12CC3CC(C1)C(O)(c1ccccc1)C(C3)C2. The normalized spacial score (nSPS) is 45.5. The summed E-state index contributed by atoms with van der Waals surface area (Å²) in [4.78, 5) is 11.7. The molecule has 5 rings (SSSR count). The third-order valence-corrected chi connectivity index (χ3v) is 6.12. The van der Waals surface area contributed by atoms with Gasteiger partial charge in [0.1, 0.15) is 0 Å². The van der Waals surface area contributed by atoms with E-state index in [-0.39, 0.29) is 11.8 Å². The Morgan fingerprint density at radius 3 is 2.20 bits per heavy atom. The van der Waals surface area contributed by atoms with Crippen LogP contribution in [0.1, 0.15) is 37.7 Å². The third kappa shape index (κ3) is 1.42. The number of carboxylic acids is 1. The van der Waals surface area contributed by atoms with Crippen LogP contribution < -0.4 is 0 Å². The second-order valence-electron chi connectivity index (χ2n) is 7.12. The van der Waals surface area contributed by atoms with Gasteiger partial charge in [0.25, 0.3) is 0 Å². The molecular formula is C17H20O3. The number of hydrogen-bond donors (Lipinski definition) is 2. The lowest BCUT2D eigenvalue weighted by molar-refractivity contribution is -0.216. The first-order valence-electron chi connectivity index (χ1n) is 7.56. The summed E-state index contributed by atoms with van der Waals surface area (Å²) in [7, 11) is 0. The minimum absolute atomic E-state index is 0.104. The number of carboxylic acid groups (broad SMARTS) is 1. The van der Waals surface area contributed by atoms with Crippen LogP contribution in [0.25, 0.3) is 0 Å². The fraction of sp³-hybridized carbons (Fsp3) is 0.588. The van der Waals surface area contributed by atoms with Crippen molar-refractivity contribution in [3.05, 3.63) is 35.9 Å². The lowest BCUT2D eigenvalue weighted by Crippen LogP contribution is -2.61. The molecule has 4 aliphatic rings. The van der Waals surface area contributed by atoms with Crippen molar-refractivity contribution in [2.24, 2.45) is 23.2 Å². The molecule has 2 atom stereocenters. The number of hydrogen-bond acceptors (Lipinski definition) is 2. The van der Waals surface area contributed by atoms with Crippen LogP contribution in [0.5, 0.6) is 0 Å². The van der Waals surface area contributed by atoms with E-state index >= 15 is 0 Å². The number of aliphatic carboxylic acids is 1. The van der Waals surface area contributed by atoms with Gasteiger partial charge in [-0.2, -0.15) is 0 Å². The van der Waals surface area contributed by atoms with E-state index in [1.807, 2.05) is 30.3 Å². The van der Waals surface area contributed by atoms with Crippen molar-refractivity contribution in [1.82, 2.24) is 0 Å². The summed E-state index contributed by atoms with van der Waals surface area (Å²) in [5.74, 6) is 0.0547. The molecule has 4 fully saturated rings. The van der Waals surface area contributed by atoms with Crippen molar-refractivity contribution in [1.29, 1.82) is 0 Å². The van der Waals surface area contributed by atoms with Crippen LogP contribution in [0.2, 0.25) is 0 Å². The van der Waals surface area contributed by atoms with Crippen LogP contribution in [0, 0.1) is 23.2 Å². The smallest absolute Gasteiger partial charge is 0.309 e. The molecule has 2 unspecified atom stereocenters. The molecule has 0 amide bonds. The van der Waals surface area contributed by atoms with E-state index in [2.05, 4.69) is 0 Å². The van der Waals surface area contributed by atoms with Gasteiger partial charge < -0.3 is 10.2 Å². The van der Waals surface area contributed by atoms with Crippen molar-refractivity contribution in [3.8, 4) is 0 Å². The van der Waals surface area contributed by atoms with E-state index in [1.165, 1.54) is 0 Å². The van der Waals surface area contributed by atoms with Gasteiger partial charge in [0.05, 0.1) is 11.0 Å². The molecule has 0 heterocycles. The van der Waals surface area contributed by atoms with Crippen molar-refractivity contribution in [3.63, 3.8) is 0 Å². The zero-order valence-electron chi connectivity index (χ0n) is 11.5. The van der Waals surface area contributed by atoms with Gasteiger partial charge in [-0.05, 0) is 55.4 Å². The second kappa shape index (κ2) is 3.85. The number of rotatable bonds is 2. The van der Waals surface area contributed by atoms with E-state index in [0.29, 0.717) is 18.8 Å². The lowest BCUT2D eigenvalue weighted by atomic mass is 9.43. The van der Waals surface area contributed by atoms with Gasteiger partial charge in [-0.15, -0.1) is 0 Å². The Balaban J connectivity index is 1.78. The summed E-state index contributed by atoms with van der Waals surface area (Å²) in [5, 5.41) is 21.0. The highest BCUT2D eigenvalue weighted by atomic mass is 16.4. The predicted octanol–water partition coefficient (Wildman–Crippen LogP) is 2.79. The zero-order valence-corrected chi connectivity index (χ0v) is 11.5. The van der Waals surface area contributed by atoms with Gasteiger partial charge in [-0.3, -0.25) is 4.79 Å². The fourth-order valence-corrected chi connectivity index (χ4v) is 5.42. The summed E-state index contributed by atoms with van der Waals surface area (Å²) in [6.07, 6.45) is 4.06. The van der Waals surface area contributed by atoms with E-state index in [4.69, 9.17) is 0 Å². The highest BCUT2D eigenvalue weighted by Crippen LogP contribution is 2.66. The Hall–Kier alpha value is -1.35. The molecule has 4 bridgehead atoms. The Morgan fingerprint density at radius 2 is 1.65 bits per heavy atom. The molecule has 0 aromatic heterocycles. The van der Waals surface area contributed by atoms with Crippen LogP contribution in [-0.2, 0) is 10.4 Å². The Morgan fingerprint density at radius 1 is 1.05 bits per heavy atom. The van der Waals surface area contributed by atoms with Gasteiger partial charge >= 0.3 is 5.97 Å². The first kappa shape index (κ1) is 12.4. The van der Waals surface area contributed by atoms with Gasteiger partial charge in [0, 0.05) is 0 Å². The number of benzene rings is 1. The minimum Gasteiger partial charge on any atom is -0.481 e. The Labute approximate surface area is 118 Å². The molecule has 4 aliphatic carbocycles. The first-order chi connectivity index (χ1) is 9.54. The number of carbonyl (C=O) groups is 1. The molecule has 3 nitrogen and oxygen atoms in total. The highest BCUT2D eigenvalue weighted by molar-refractivity contribution is 5.75. The molecule has 2 N–H and O–H groups in total. The lowest BCUT2D eigenvalue weighted by Gasteiger charge is -2.62. The molecule has 3 heteroatoms. The average Bonchev–Trinajstić information content (AvgIpc) is 2.44. The van der Waals surface area contributed by atoms with Crippen LogP contribution in [-0.4, -0.2) is 16.2 Å². The molecular weight excluding hydrogens is 252 g/mol. The average molecular weight is 272 g/mol. The molecule has 20 heavy (non-hydrogen) atoms. The van der Waals surface area contributed by atoms with Gasteiger partial charge in [0.15, 0.2) is 0 Å². The van der Waals surface area contributed by atoms with E-state index in [1.54, 1.807) is 0 Å². The predicted molar refractivity (Wildman–Crippen MR) is 74.0 cm³/mol. The standard InChI is InChI=1S/C17H20O3/c18-15(19)16-8-11-6-13(9-16)17(20,14(7-11)10-16)12-4-2-1-3-5-12/h1-5,11,13-14,20H,6-10H2,(H,18,19). The van der Waals surface area contributed by atoms with E-state index in [0.717, 1.165) is 24.8 Å².